The molecule has 0 aromatic rings. The first-order chi connectivity index (χ1) is 4.41. The van der Waals surface area contributed by atoms with Crippen molar-refractivity contribution in [3.63, 3.8) is 0 Å². The monoisotopic (exact) mass is 129 g/mol. The zero-order valence-electron chi connectivity index (χ0n) is 5.97. The van der Waals surface area contributed by atoms with Gasteiger partial charge in [0.2, 0.25) is 0 Å². The molecule has 0 aromatic heterocycles. The fourth-order valence-electron chi connectivity index (χ4n) is 0.510. The third kappa shape index (κ3) is 7.66. The van der Waals surface area contributed by atoms with Gasteiger partial charge in [-0.25, -0.2) is 0 Å². The van der Waals surface area contributed by atoms with Gasteiger partial charge in [-0.05, 0) is 13.3 Å². The summed E-state index contributed by atoms with van der Waals surface area (Å²) in [5.41, 5.74) is 5.22. The third-order valence-electron chi connectivity index (χ3n) is 0.936. The maximum absolute atomic E-state index is 5.22. The van der Waals surface area contributed by atoms with E-state index in [0.717, 1.165) is 19.6 Å². The summed E-state index contributed by atoms with van der Waals surface area (Å²) in [4.78, 5) is 0. The molecule has 0 aliphatic rings. The Morgan fingerprint density at radius 1 is 1.44 bits per heavy atom. The molecule has 0 amide bonds. The van der Waals surface area contributed by atoms with Gasteiger partial charge in [-0.2, -0.15) is 0 Å². The highest BCUT2D eigenvalue weighted by Crippen LogP contribution is 1.83. The van der Waals surface area contributed by atoms with Gasteiger partial charge in [-0.15, -0.1) is 0 Å². The van der Waals surface area contributed by atoms with Crippen LogP contribution in [0.15, 0.2) is 12.2 Å². The van der Waals surface area contributed by atoms with Crippen molar-refractivity contribution >= 4 is 0 Å². The van der Waals surface area contributed by atoms with E-state index in [9.17, 15) is 0 Å². The first kappa shape index (κ1) is 8.66. The molecule has 0 spiro atoms. The Morgan fingerprint density at radius 3 is 2.78 bits per heavy atom. The number of hydrogen-bond donors (Lipinski definition) is 1. The van der Waals surface area contributed by atoms with Crippen LogP contribution in [0.5, 0.6) is 0 Å². The van der Waals surface area contributed by atoms with Crippen molar-refractivity contribution in [1.29, 1.82) is 0 Å². The summed E-state index contributed by atoms with van der Waals surface area (Å²) in [6.45, 7) is 4.24. The van der Waals surface area contributed by atoms with Gasteiger partial charge in [0.05, 0.1) is 0 Å². The molecule has 0 bridgehead atoms. The minimum atomic E-state index is 0.631. The Morgan fingerprint density at radius 2 is 2.22 bits per heavy atom. The van der Waals surface area contributed by atoms with E-state index in [1.807, 2.05) is 19.1 Å². The lowest BCUT2D eigenvalue weighted by atomic mass is 10.4. The fraction of sp³-hybridized carbons (Fsp3) is 0.714. The van der Waals surface area contributed by atoms with Gasteiger partial charge < -0.3 is 10.5 Å². The highest BCUT2D eigenvalue weighted by molar-refractivity contribution is 4.81. The van der Waals surface area contributed by atoms with Crippen molar-refractivity contribution in [3.8, 4) is 0 Å². The molecule has 2 heteroatoms. The lowest BCUT2D eigenvalue weighted by Crippen LogP contribution is -1.94. The molecule has 0 fully saturated rings. The van der Waals surface area contributed by atoms with E-state index in [0.29, 0.717) is 6.54 Å². The fourth-order valence-corrected chi connectivity index (χ4v) is 0.510. The van der Waals surface area contributed by atoms with E-state index in [1.165, 1.54) is 0 Å². The first-order valence-corrected chi connectivity index (χ1v) is 3.34. The predicted molar refractivity (Wildman–Crippen MR) is 39.3 cm³/mol. The number of hydrogen-bond acceptors (Lipinski definition) is 2. The van der Waals surface area contributed by atoms with E-state index in [2.05, 4.69) is 0 Å². The predicted octanol–water partition coefficient (Wildman–Crippen LogP) is 0.928. The number of rotatable bonds is 5. The molecule has 0 saturated heterocycles. The molecule has 9 heavy (non-hydrogen) atoms. The van der Waals surface area contributed by atoms with Crippen LogP contribution >= 0.6 is 0 Å². The van der Waals surface area contributed by atoms with E-state index in [1.54, 1.807) is 0 Å². The van der Waals surface area contributed by atoms with Gasteiger partial charge in [-0.1, -0.05) is 12.2 Å². The number of nitrogens with two attached hydrogens (primary N) is 1. The normalized spacial score (nSPS) is 10.9. The van der Waals surface area contributed by atoms with E-state index in [4.69, 9.17) is 10.5 Å². The number of ether oxygens (including phenoxy) is 1. The molecule has 0 heterocycles. The molecule has 0 aliphatic heterocycles. The van der Waals surface area contributed by atoms with Crippen molar-refractivity contribution in [2.75, 3.05) is 19.8 Å². The standard InChI is InChI=1S/C7H15NO/c1-2-9-7-5-3-4-6-8/h3-4H,2,5-8H2,1H3/b4-3+. The topological polar surface area (TPSA) is 35.2 Å². The molecule has 2 N–H and O–H groups in total. The van der Waals surface area contributed by atoms with Gasteiger partial charge in [0, 0.05) is 19.8 Å². The summed E-state index contributed by atoms with van der Waals surface area (Å²) in [6.07, 6.45) is 4.96. The molecule has 0 aliphatic carbocycles. The second kappa shape index (κ2) is 7.66. The highest BCUT2D eigenvalue weighted by Gasteiger charge is 1.77. The minimum absolute atomic E-state index is 0.631. The maximum Gasteiger partial charge on any atom is 0.0500 e. The molecule has 0 aromatic carbocycles. The van der Waals surface area contributed by atoms with Crippen LogP contribution in [0.25, 0.3) is 0 Å². The molecule has 0 saturated carbocycles. The second-order valence-corrected chi connectivity index (χ2v) is 1.69. The highest BCUT2D eigenvalue weighted by atomic mass is 16.5. The molecule has 0 rings (SSSR count). The Labute approximate surface area is 56.7 Å². The average molecular weight is 129 g/mol. The van der Waals surface area contributed by atoms with Gasteiger partial charge in [-0.3, -0.25) is 0 Å². The summed E-state index contributed by atoms with van der Waals surface area (Å²) in [7, 11) is 0. The van der Waals surface area contributed by atoms with Crippen LogP contribution in [0.2, 0.25) is 0 Å². The summed E-state index contributed by atoms with van der Waals surface area (Å²) < 4.78 is 5.09. The average Bonchev–Trinajstić information content (AvgIpc) is 1.89. The largest absolute Gasteiger partial charge is 0.381 e. The van der Waals surface area contributed by atoms with Crippen molar-refractivity contribution in [3.05, 3.63) is 12.2 Å². The Balaban J connectivity index is 2.82. The summed E-state index contributed by atoms with van der Waals surface area (Å²) >= 11 is 0. The van der Waals surface area contributed by atoms with Crippen LogP contribution in [0.3, 0.4) is 0 Å². The van der Waals surface area contributed by atoms with Crippen LogP contribution in [0, 0.1) is 0 Å². The van der Waals surface area contributed by atoms with Crippen LogP contribution in [-0.4, -0.2) is 19.8 Å². The van der Waals surface area contributed by atoms with Crippen LogP contribution in [-0.2, 0) is 4.74 Å². The van der Waals surface area contributed by atoms with Crippen molar-refractivity contribution < 1.29 is 4.74 Å². The Hall–Kier alpha value is -0.340. The van der Waals surface area contributed by atoms with Crippen LogP contribution in [0.4, 0.5) is 0 Å². The molecule has 0 atom stereocenters. The zero-order valence-corrected chi connectivity index (χ0v) is 5.97. The van der Waals surface area contributed by atoms with Gasteiger partial charge in [0.25, 0.3) is 0 Å². The molecule has 0 radical (unpaired) electrons. The van der Waals surface area contributed by atoms with Crippen molar-refractivity contribution in [1.82, 2.24) is 0 Å². The maximum atomic E-state index is 5.22. The van der Waals surface area contributed by atoms with Gasteiger partial charge in [0.15, 0.2) is 0 Å². The third-order valence-corrected chi connectivity index (χ3v) is 0.936. The van der Waals surface area contributed by atoms with E-state index < -0.39 is 0 Å². The van der Waals surface area contributed by atoms with Crippen LogP contribution < -0.4 is 5.73 Å². The van der Waals surface area contributed by atoms with E-state index in [-0.39, 0.29) is 0 Å². The molecule has 54 valence electrons. The van der Waals surface area contributed by atoms with Crippen LogP contribution in [0.1, 0.15) is 13.3 Å². The summed E-state index contributed by atoms with van der Waals surface area (Å²) in [5.74, 6) is 0. The lowest BCUT2D eigenvalue weighted by Gasteiger charge is -1.93. The Kier molecular flexibility index (Phi) is 7.37. The quantitative estimate of drug-likeness (QED) is 0.442. The minimum Gasteiger partial charge on any atom is -0.381 e. The summed E-state index contributed by atoms with van der Waals surface area (Å²) in [5, 5.41) is 0. The molecule has 2 nitrogen and oxygen atoms in total. The zero-order chi connectivity index (χ0) is 6.95. The van der Waals surface area contributed by atoms with E-state index >= 15 is 0 Å². The van der Waals surface area contributed by atoms with Crippen molar-refractivity contribution in [2.45, 2.75) is 13.3 Å². The molecular formula is C7H15NO. The smallest absolute Gasteiger partial charge is 0.0500 e. The SMILES string of the molecule is CCOCC/C=C/CN. The molecule has 0 unspecified atom stereocenters. The molecular weight excluding hydrogens is 114 g/mol. The first-order valence-electron chi connectivity index (χ1n) is 3.34. The summed E-state index contributed by atoms with van der Waals surface area (Å²) in [6, 6.07) is 0. The van der Waals surface area contributed by atoms with Crippen molar-refractivity contribution in [2.24, 2.45) is 5.73 Å². The lowest BCUT2D eigenvalue weighted by molar-refractivity contribution is 0.152. The van der Waals surface area contributed by atoms with Gasteiger partial charge >= 0.3 is 0 Å². The second-order valence-electron chi connectivity index (χ2n) is 1.69. The van der Waals surface area contributed by atoms with Gasteiger partial charge in [0.1, 0.15) is 0 Å². The Bertz CT molecular complexity index is 71.3.